The molecule has 0 unspecified atom stereocenters. The number of hydrazine groups is 2. The van der Waals surface area contributed by atoms with Gasteiger partial charge in [0.1, 0.15) is 0 Å². The van der Waals surface area contributed by atoms with Crippen LogP contribution in [0.25, 0.3) is 10.8 Å². The van der Waals surface area contributed by atoms with Crippen LogP contribution in [0.15, 0.2) is 24.3 Å². The number of anilines is 2. The number of aromatic nitrogens is 2. The molecule has 6 N–H and O–H groups in total. The number of nitrogen functional groups attached to an aromatic ring is 2. The van der Waals surface area contributed by atoms with E-state index >= 15 is 0 Å². The predicted molar refractivity (Wildman–Crippen MR) is 70.8 cm³/mol. The fourth-order valence-electron chi connectivity index (χ4n) is 1.32. The molecule has 0 amide bonds. The minimum Gasteiger partial charge on any atom is -0.748 e. The summed E-state index contributed by atoms with van der Waals surface area (Å²) in [6, 6.07) is 7.57. The van der Waals surface area contributed by atoms with Gasteiger partial charge in [-0.3, -0.25) is 0 Å². The minimum atomic E-state index is -3.92. The van der Waals surface area contributed by atoms with E-state index in [0.717, 1.165) is 10.8 Å². The van der Waals surface area contributed by atoms with E-state index in [1.807, 2.05) is 24.3 Å². The van der Waals surface area contributed by atoms with Gasteiger partial charge < -0.3 is 15.4 Å². The predicted octanol–water partition coefficient (Wildman–Crippen LogP) is -0.638. The van der Waals surface area contributed by atoms with Crippen LogP contribution in [0.3, 0.4) is 0 Å². The lowest BCUT2D eigenvalue weighted by Gasteiger charge is -2.06. The van der Waals surface area contributed by atoms with Crippen molar-refractivity contribution in [1.82, 2.24) is 10.2 Å². The lowest BCUT2D eigenvalue weighted by Crippen LogP contribution is -2.13. The zero-order valence-corrected chi connectivity index (χ0v) is 10.8. The van der Waals surface area contributed by atoms with Gasteiger partial charge in [0.05, 0.1) is 10.1 Å². The summed E-state index contributed by atoms with van der Waals surface area (Å²) in [5.74, 6) is 11.7. The van der Waals surface area contributed by atoms with Crippen molar-refractivity contribution in [2.24, 2.45) is 11.7 Å². The number of nitrogens with one attached hydrogen (secondary N) is 2. The van der Waals surface area contributed by atoms with Crippen LogP contribution in [-0.4, -0.2) is 29.4 Å². The Labute approximate surface area is 109 Å². The first-order chi connectivity index (χ1) is 8.86. The molecule has 1 heterocycles. The second kappa shape index (κ2) is 6.24. The summed E-state index contributed by atoms with van der Waals surface area (Å²) >= 11 is 0. The van der Waals surface area contributed by atoms with Gasteiger partial charge in [0, 0.05) is 17.0 Å². The zero-order valence-electron chi connectivity index (χ0n) is 9.99. The Morgan fingerprint density at radius 3 is 1.63 bits per heavy atom. The number of rotatable bonds is 2. The van der Waals surface area contributed by atoms with Crippen molar-refractivity contribution in [3.05, 3.63) is 24.3 Å². The van der Waals surface area contributed by atoms with Crippen molar-refractivity contribution < 1.29 is 13.0 Å². The molecule has 0 saturated heterocycles. The number of nitrogens with two attached hydrogens (primary N) is 2. The van der Waals surface area contributed by atoms with Crippen molar-refractivity contribution in [2.45, 2.75) is 0 Å². The highest BCUT2D eigenvalue weighted by Gasteiger charge is 2.05. The second-order valence-corrected chi connectivity index (χ2v) is 4.84. The van der Waals surface area contributed by atoms with E-state index in [1.54, 1.807) is 0 Å². The Bertz CT molecular complexity index is 610. The number of hydrogen-bond acceptors (Lipinski definition) is 9. The van der Waals surface area contributed by atoms with Gasteiger partial charge in [-0.05, 0) is 0 Å². The van der Waals surface area contributed by atoms with E-state index in [4.69, 9.17) is 24.7 Å². The molecule has 0 bridgehead atoms. The molecular formula is C9H13N6O3S-. The minimum absolute atomic E-state index is 0.527. The Hall–Kier alpha value is -2.01. The quantitative estimate of drug-likeness (QED) is 0.320. The van der Waals surface area contributed by atoms with Crippen LogP contribution in [-0.2, 0) is 10.1 Å². The van der Waals surface area contributed by atoms with Gasteiger partial charge in [-0.25, -0.2) is 20.1 Å². The summed E-state index contributed by atoms with van der Waals surface area (Å²) in [6.07, 6.45) is 0.604. The van der Waals surface area contributed by atoms with Crippen LogP contribution in [0.2, 0.25) is 0 Å². The number of benzene rings is 1. The average molecular weight is 285 g/mol. The van der Waals surface area contributed by atoms with Gasteiger partial charge in [-0.1, -0.05) is 24.3 Å². The van der Waals surface area contributed by atoms with Gasteiger partial charge in [0.15, 0.2) is 11.6 Å². The molecule has 104 valence electrons. The molecule has 2 rings (SSSR count). The van der Waals surface area contributed by atoms with Crippen molar-refractivity contribution in [1.29, 1.82) is 0 Å². The summed E-state index contributed by atoms with van der Waals surface area (Å²) in [4.78, 5) is 0. The highest BCUT2D eigenvalue weighted by Crippen LogP contribution is 2.24. The monoisotopic (exact) mass is 285 g/mol. The molecule has 19 heavy (non-hydrogen) atoms. The maximum Gasteiger partial charge on any atom is 0.170 e. The number of fused-ring (bicyclic) bond motifs is 1. The van der Waals surface area contributed by atoms with E-state index in [0.29, 0.717) is 17.9 Å². The fraction of sp³-hybridized carbons (Fsp3) is 0.111. The van der Waals surface area contributed by atoms with E-state index in [1.165, 1.54) is 0 Å². The summed E-state index contributed by atoms with van der Waals surface area (Å²) in [5.41, 5.74) is 4.96. The van der Waals surface area contributed by atoms with Crippen LogP contribution < -0.4 is 22.5 Å². The van der Waals surface area contributed by atoms with Gasteiger partial charge >= 0.3 is 0 Å². The molecular weight excluding hydrogens is 272 g/mol. The van der Waals surface area contributed by atoms with Gasteiger partial charge in [-0.2, -0.15) is 0 Å². The molecule has 9 nitrogen and oxygen atoms in total. The molecule has 0 radical (unpaired) electrons. The summed E-state index contributed by atoms with van der Waals surface area (Å²) in [7, 11) is -3.92. The summed E-state index contributed by atoms with van der Waals surface area (Å²) in [6.45, 7) is 0. The third kappa shape index (κ3) is 4.63. The molecule has 0 atom stereocenters. The molecule has 0 aliphatic heterocycles. The third-order valence-corrected chi connectivity index (χ3v) is 1.96. The smallest absolute Gasteiger partial charge is 0.170 e. The molecule has 2 aromatic rings. The van der Waals surface area contributed by atoms with Crippen LogP contribution in [0.1, 0.15) is 0 Å². The van der Waals surface area contributed by atoms with Crippen molar-refractivity contribution in [3.63, 3.8) is 0 Å². The molecule has 1 aromatic carbocycles. The maximum absolute atomic E-state index is 9.08. The van der Waals surface area contributed by atoms with E-state index in [2.05, 4.69) is 21.0 Å². The summed E-state index contributed by atoms with van der Waals surface area (Å²) in [5, 5.41) is 9.48. The molecule has 0 aliphatic rings. The molecule has 0 saturated carbocycles. The fourth-order valence-corrected chi connectivity index (χ4v) is 1.32. The number of nitrogens with zero attached hydrogens (tertiary/aromatic N) is 2. The molecule has 0 spiro atoms. The van der Waals surface area contributed by atoms with Crippen LogP contribution in [0, 0.1) is 0 Å². The Kier molecular flexibility index (Phi) is 4.94. The SMILES string of the molecule is CS(=O)(=O)[O-].NNc1nnc(NN)c2ccccc12. The Morgan fingerprint density at radius 1 is 1.05 bits per heavy atom. The van der Waals surface area contributed by atoms with Crippen molar-refractivity contribution >= 4 is 32.5 Å². The topological polar surface area (TPSA) is 159 Å². The van der Waals surface area contributed by atoms with E-state index in [-0.39, 0.29) is 0 Å². The third-order valence-electron chi connectivity index (χ3n) is 1.96. The lowest BCUT2D eigenvalue weighted by atomic mass is 10.2. The van der Waals surface area contributed by atoms with E-state index < -0.39 is 10.1 Å². The Balaban J connectivity index is 0.000000312. The standard InChI is InChI=1S/C8H10N6.CH4O3S/c9-11-7-5-3-1-2-4-6(5)8(12-10)14-13-7;1-5(2,3)4/h1-4H,9-10H2,(H,11,13)(H,12,14);1H3,(H,2,3,4)/p-1. The summed E-state index contributed by atoms with van der Waals surface area (Å²) < 4.78 is 27.2. The van der Waals surface area contributed by atoms with Crippen LogP contribution in [0.4, 0.5) is 11.6 Å². The molecule has 0 aliphatic carbocycles. The average Bonchev–Trinajstić information content (AvgIpc) is 2.35. The van der Waals surface area contributed by atoms with E-state index in [9.17, 15) is 0 Å². The largest absolute Gasteiger partial charge is 0.748 e. The highest BCUT2D eigenvalue weighted by atomic mass is 32.2. The van der Waals surface area contributed by atoms with Gasteiger partial charge in [0.25, 0.3) is 0 Å². The first kappa shape index (κ1) is 15.0. The van der Waals surface area contributed by atoms with Crippen molar-refractivity contribution in [2.75, 3.05) is 17.1 Å². The van der Waals surface area contributed by atoms with Crippen LogP contribution in [0.5, 0.6) is 0 Å². The van der Waals surface area contributed by atoms with Gasteiger partial charge in [0.2, 0.25) is 0 Å². The lowest BCUT2D eigenvalue weighted by molar-refractivity contribution is 0.470. The van der Waals surface area contributed by atoms with Crippen LogP contribution >= 0.6 is 0 Å². The zero-order chi connectivity index (χ0) is 14.5. The second-order valence-electron chi connectivity index (χ2n) is 3.44. The Morgan fingerprint density at radius 2 is 1.37 bits per heavy atom. The number of hydrogen-bond donors (Lipinski definition) is 4. The first-order valence-electron chi connectivity index (χ1n) is 4.96. The highest BCUT2D eigenvalue weighted by molar-refractivity contribution is 7.84. The molecule has 0 fully saturated rings. The van der Waals surface area contributed by atoms with Crippen molar-refractivity contribution in [3.8, 4) is 0 Å². The first-order valence-corrected chi connectivity index (χ1v) is 6.78. The maximum atomic E-state index is 9.08. The molecule has 10 heteroatoms. The van der Waals surface area contributed by atoms with Gasteiger partial charge in [-0.15, -0.1) is 10.2 Å². The normalized spacial score (nSPS) is 10.5. The molecule has 1 aromatic heterocycles.